The van der Waals surface area contributed by atoms with Gasteiger partial charge in [0, 0.05) is 66.9 Å². The summed E-state index contributed by atoms with van der Waals surface area (Å²) in [5, 5.41) is 23.9. The Morgan fingerprint density at radius 2 is 0.956 bits per heavy atom. The average molecular weight is 1300 g/mol. The molecule has 1 saturated heterocycles. The van der Waals surface area contributed by atoms with E-state index in [0.29, 0.717) is 64.1 Å². The van der Waals surface area contributed by atoms with Crippen LogP contribution in [0.15, 0.2) is 24.3 Å². The Bertz CT molecular complexity index is 2160. The summed E-state index contributed by atoms with van der Waals surface area (Å²) in [6.07, 6.45) is -2.13. The van der Waals surface area contributed by atoms with Crippen molar-refractivity contribution in [3.8, 4) is 0 Å². The smallest absolute Gasteiger partial charge is 0.246 e. The third-order valence-corrected chi connectivity index (χ3v) is 13.8. The fourth-order valence-electron chi connectivity index (χ4n) is 8.51. The number of aliphatic hydroxyl groups is 1. The van der Waals surface area contributed by atoms with Gasteiger partial charge in [-0.1, -0.05) is 12.1 Å². The zero-order chi connectivity index (χ0) is 67.2. The van der Waals surface area contributed by atoms with Crippen LogP contribution in [0.1, 0.15) is 39.2 Å². The van der Waals surface area contributed by atoms with Crippen LogP contribution in [0.4, 0.5) is 5.69 Å². The highest BCUT2D eigenvalue weighted by Crippen LogP contribution is 2.17. The highest BCUT2D eigenvalue weighted by molar-refractivity contribution is 6.00. The number of nitrogens with zero attached hydrogens (tertiary/aromatic N) is 4. The summed E-state index contributed by atoms with van der Waals surface area (Å²) in [6, 6.07) is 0.0122. The Morgan fingerprint density at radius 1 is 0.549 bits per heavy atom. The molecule has 0 bridgehead atoms. The summed E-state index contributed by atoms with van der Waals surface area (Å²) >= 11 is 0. The van der Waals surface area contributed by atoms with E-state index in [1.54, 1.807) is 52.7 Å². The van der Waals surface area contributed by atoms with Crippen LogP contribution < -0.4 is 32.3 Å². The van der Waals surface area contributed by atoms with Crippen molar-refractivity contribution in [1.29, 1.82) is 0 Å². The van der Waals surface area contributed by atoms with Crippen LogP contribution in [0.2, 0.25) is 0 Å². The van der Waals surface area contributed by atoms with Gasteiger partial charge in [0.15, 0.2) is 0 Å². The summed E-state index contributed by atoms with van der Waals surface area (Å²) in [6.45, 7) is 8.28. The molecule has 0 spiro atoms. The van der Waals surface area contributed by atoms with E-state index in [4.69, 9.17) is 62.6 Å². The van der Waals surface area contributed by atoms with E-state index in [2.05, 4.69) is 26.6 Å². The Labute approximate surface area is 534 Å². The Morgan fingerprint density at radius 3 is 1.34 bits per heavy atom. The van der Waals surface area contributed by atoms with E-state index in [1.165, 1.54) is 42.5 Å². The zero-order valence-electron chi connectivity index (χ0n) is 54.4. The van der Waals surface area contributed by atoms with Crippen LogP contribution in [0.5, 0.6) is 0 Å². The van der Waals surface area contributed by atoms with Crippen molar-refractivity contribution in [2.45, 2.75) is 76.3 Å². The number of rotatable bonds is 55. The molecule has 6 atom stereocenters. The number of hydrogen-bond acceptors (Lipinski definition) is 23. The predicted octanol–water partition coefficient (Wildman–Crippen LogP) is -3.69. The highest BCUT2D eigenvalue weighted by atomic mass is 16.6. The van der Waals surface area contributed by atoms with Crippen molar-refractivity contribution in [3.63, 3.8) is 0 Å². The molecule has 520 valence electrons. The molecule has 91 heavy (non-hydrogen) atoms. The van der Waals surface area contributed by atoms with Gasteiger partial charge in [0.2, 0.25) is 53.2 Å². The highest BCUT2D eigenvalue weighted by Gasteiger charge is 2.40. The number of anilines is 1. The first-order valence-corrected chi connectivity index (χ1v) is 30.5. The lowest BCUT2D eigenvalue weighted by Gasteiger charge is -2.31. The number of likely N-dealkylation sites (N-methyl/N-ethyl adjacent to an activating group) is 1. The molecule has 0 unspecified atom stereocenters. The molecule has 1 aliphatic heterocycles. The van der Waals surface area contributed by atoms with Gasteiger partial charge in [0.1, 0.15) is 37.3 Å². The molecule has 0 radical (unpaired) electrons. The minimum Gasteiger partial charge on any atom is -0.391 e. The van der Waals surface area contributed by atoms with Crippen molar-refractivity contribution < 1.29 is 105 Å². The minimum absolute atomic E-state index is 0.0211. The first kappa shape index (κ1) is 81.0. The molecule has 32 heteroatoms. The first-order chi connectivity index (χ1) is 43.8. The second-order valence-corrected chi connectivity index (χ2v) is 20.8. The number of nitrogens with one attached hydrogen (secondary N) is 5. The lowest BCUT2D eigenvalue weighted by Crippen LogP contribution is -2.59. The summed E-state index contributed by atoms with van der Waals surface area (Å²) < 4.78 is 65.1. The largest absolute Gasteiger partial charge is 0.391 e. The molecular weight excluding hydrogens is 1200 g/mol. The van der Waals surface area contributed by atoms with Crippen LogP contribution in [0.3, 0.4) is 0 Å². The number of carbonyl (C=O) groups is 9. The number of ether oxygens (including phenoxy) is 12. The molecule has 1 fully saturated rings. The van der Waals surface area contributed by atoms with Crippen LogP contribution in [0, 0.1) is 0 Å². The Hall–Kier alpha value is -6.11. The molecule has 8 N–H and O–H groups in total. The summed E-state index contributed by atoms with van der Waals surface area (Å²) in [5.41, 5.74) is 6.31. The topological polar surface area (TPSA) is 384 Å². The summed E-state index contributed by atoms with van der Waals surface area (Å²) in [7, 11) is 7.59. The number of amides is 9. The number of aliphatic hydroxyl groups excluding tert-OH is 1. The normalized spacial score (nSPS) is 14.7. The van der Waals surface area contributed by atoms with Crippen molar-refractivity contribution in [3.05, 3.63) is 29.8 Å². The molecular formula is C59H102N10O22. The first-order valence-electron chi connectivity index (χ1n) is 30.5. The van der Waals surface area contributed by atoms with E-state index < -0.39 is 109 Å². The number of carbonyl (C=O) groups excluding carboxylic acids is 9. The Balaban J connectivity index is 2.33. The van der Waals surface area contributed by atoms with Gasteiger partial charge in [-0.2, -0.15) is 0 Å². The van der Waals surface area contributed by atoms with Gasteiger partial charge >= 0.3 is 0 Å². The number of primary amides is 1. The molecule has 1 aliphatic rings. The number of benzene rings is 1. The van der Waals surface area contributed by atoms with E-state index in [-0.39, 0.29) is 125 Å². The van der Waals surface area contributed by atoms with Gasteiger partial charge < -0.3 is 114 Å². The lowest BCUT2D eigenvalue weighted by molar-refractivity contribution is -0.147. The molecule has 2 rings (SSSR count). The number of likely N-dealkylation sites (tertiary alicyclic amines) is 1. The van der Waals surface area contributed by atoms with Gasteiger partial charge in [-0.05, 0) is 51.9 Å². The molecule has 1 heterocycles. The third-order valence-electron chi connectivity index (χ3n) is 13.8. The van der Waals surface area contributed by atoms with Gasteiger partial charge in [0.25, 0.3) is 0 Å². The van der Waals surface area contributed by atoms with E-state index in [1.807, 2.05) is 0 Å². The fraction of sp³-hybridized carbons (Fsp3) is 0.746. The van der Waals surface area contributed by atoms with Gasteiger partial charge in [-0.3, -0.25) is 43.2 Å². The minimum atomic E-state index is -1.67. The van der Waals surface area contributed by atoms with E-state index in [0.717, 1.165) is 4.90 Å². The van der Waals surface area contributed by atoms with Crippen molar-refractivity contribution >= 4 is 58.9 Å². The SMILES string of the molecule is CN[C@@H](CC(=O)N(CC(=O)N(CCOCCOCCOC)CCOCCOCCOC)CC(=O)N(CCOCCOCCOC)CCOCCOCCOC)C(=O)N[C@H](C(=O)N[C@@H]1CCN([C@@H](C)C(=O)N[C@H](C)C(=O)Nc2ccc(CC(N)=O)cc2)C1=O)[C@H](C)O. The van der Waals surface area contributed by atoms with Crippen LogP contribution in [-0.2, 0) is 106 Å². The number of methoxy groups -OCH3 is 4. The molecule has 1 aromatic rings. The summed E-state index contributed by atoms with van der Waals surface area (Å²) in [4.78, 5) is 128. The second kappa shape index (κ2) is 49.5. The molecule has 9 amide bonds. The number of nitrogens with two attached hydrogens (primary N) is 1. The molecule has 0 aromatic heterocycles. The monoisotopic (exact) mass is 1300 g/mol. The maximum Gasteiger partial charge on any atom is 0.246 e. The number of hydrogen-bond donors (Lipinski definition) is 7. The fourth-order valence-corrected chi connectivity index (χ4v) is 8.51. The van der Waals surface area contributed by atoms with Gasteiger partial charge in [-0.15, -0.1) is 0 Å². The quantitative estimate of drug-likeness (QED) is 0.0309. The van der Waals surface area contributed by atoms with Crippen LogP contribution in [-0.4, -0.2) is 328 Å². The molecule has 0 aliphatic carbocycles. The van der Waals surface area contributed by atoms with E-state index >= 15 is 0 Å². The molecule has 0 saturated carbocycles. The predicted molar refractivity (Wildman–Crippen MR) is 328 cm³/mol. The van der Waals surface area contributed by atoms with Crippen molar-refractivity contribution in [1.82, 2.24) is 40.9 Å². The maximum atomic E-state index is 14.7. The van der Waals surface area contributed by atoms with Crippen LogP contribution >= 0.6 is 0 Å². The third kappa shape index (κ3) is 34.9. The van der Waals surface area contributed by atoms with Crippen LogP contribution in [0.25, 0.3) is 0 Å². The van der Waals surface area contributed by atoms with Crippen molar-refractivity contribution in [2.75, 3.05) is 219 Å². The second-order valence-electron chi connectivity index (χ2n) is 20.8. The van der Waals surface area contributed by atoms with Crippen molar-refractivity contribution in [2.24, 2.45) is 5.73 Å². The summed E-state index contributed by atoms with van der Waals surface area (Å²) in [5.74, 6) is -6.26. The van der Waals surface area contributed by atoms with Gasteiger partial charge in [0.05, 0.1) is 157 Å². The lowest BCUT2D eigenvalue weighted by atomic mass is 10.1. The Kier molecular flexibility index (Phi) is 44.1. The maximum absolute atomic E-state index is 14.7. The average Bonchev–Trinajstić information content (AvgIpc) is 2.03. The standard InChI is InChI=1S/C59H102N10O22/c1-43(55(75)63-47-11-9-46(10-12-47)39-50(60)71)62-56(76)44(2)69-14-13-48(59(69)79)64-58(78)54(45(3)70)65-57(77)49(61-4)40-51(72)68(41-52(73)66(15-19-84-31-35-88-27-23-80-5)16-20-85-32-36-89-28-24-81-6)42-53(74)67(17-21-86-33-37-90-29-25-82-7)18-22-87-34-38-91-30-26-83-8/h9-12,43-45,48-49,54,61,70H,13-42H2,1-8H3,(H2,60,71)(H,62,76)(H,63,75)(H,64,78)(H,65,77)/t43-,44+,45+,48-,49+,54+/m1/s1. The zero-order valence-corrected chi connectivity index (χ0v) is 54.4. The molecule has 32 nitrogen and oxygen atoms in total. The van der Waals surface area contributed by atoms with E-state index in [9.17, 15) is 48.3 Å². The molecule has 1 aromatic carbocycles. The van der Waals surface area contributed by atoms with Gasteiger partial charge in [-0.25, -0.2) is 0 Å².